The molecule has 1 unspecified atom stereocenters. The Morgan fingerprint density at radius 3 is 3.11 bits per heavy atom. The van der Waals surface area contributed by atoms with Gasteiger partial charge in [-0.3, -0.25) is 4.79 Å². The fourth-order valence-corrected chi connectivity index (χ4v) is 2.64. The van der Waals surface area contributed by atoms with Crippen LogP contribution in [-0.4, -0.2) is 19.0 Å². The molecule has 0 N–H and O–H groups in total. The topological polar surface area (TPSA) is 69.1 Å². The highest BCUT2D eigenvalue weighted by Gasteiger charge is 2.30. The van der Waals surface area contributed by atoms with Crippen LogP contribution in [0.2, 0.25) is 0 Å². The van der Waals surface area contributed by atoms with Crippen molar-refractivity contribution in [2.45, 2.75) is 13.3 Å². The van der Waals surface area contributed by atoms with Crippen LogP contribution < -0.4 is 4.90 Å². The van der Waals surface area contributed by atoms with E-state index in [9.17, 15) is 4.79 Å². The van der Waals surface area contributed by atoms with E-state index in [0.29, 0.717) is 19.5 Å². The highest BCUT2D eigenvalue weighted by molar-refractivity contribution is 14.1. The van der Waals surface area contributed by atoms with Gasteiger partial charge in [0.15, 0.2) is 0 Å². The number of hydrogen-bond acceptors (Lipinski definition) is 2. The second kappa shape index (κ2) is 5.58. The number of carbonyl (C=O) groups excluding carboxylic acids is 1. The number of nitrogens with zero attached hydrogens (tertiary/aromatic N) is 4. The fraction of sp³-hybridized carbons (Fsp3) is 0.417. The Morgan fingerprint density at radius 2 is 2.39 bits per heavy atom. The maximum absolute atomic E-state index is 12.0. The molecule has 0 radical (unpaired) electrons. The minimum atomic E-state index is 0.109. The van der Waals surface area contributed by atoms with Crippen LogP contribution in [0.5, 0.6) is 0 Å². The zero-order chi connectivity index (χ0) is 13.1. The number of azide groups is 1. The van der Waals surface area contributed by atoms with E-state index < -0.39 is 0 Å². The number of hydrogen-bond donors (Lipinski definition) is 0. The predicted molar refractivity (Wildman–Crippen MR) is 78.4 cm³/mol. The first-order chi connectivity index (χ1) is 8.61. The van der Waals surface area contributed by atoms with Gasteiger partial charge in [-0.05, 0) is 58.7 Å². The summed E-state index contributed by atoms with van der Waals surface area (Å²) in [5, 5.41) is 3.56. The van der Waals surface area contributed by atoms with Crippen molar-refractivity contribution in [1.82, 2.24) is 0 Å². The lowest BCUT2D eigenvalue weighted by Crippen LogP contribution is -2.25. The third-order valence-corrected chi connectivity index (χ3v) is 3.74. The van der Waals surface area contributed by atoms with E-state index in [4.69, 9.17) is 5.53 Å². The van der Waals surface area contributed by atoms with Crippen molar-refractivity contribution in [3.63, 3.8) is 0 Å². The largest absolute Gasteiger partial charge is 0.312 e. The lowest BCUT2D eigenvalue weighted by atomic mass is 10.1. The van der Waals surface area contributed by atoms with Crippen LogP contribution in [0.4, 0.5) is 5.69 Å². The molecule has 1 atom stereocenters. The second-order valence-electron chi connectivity index (χ2n) is 4.42. The molecule has 0 aliphatic carbocycles. The zero-order valence-electron chi connectivity index (χ0n) is 10.0. The Morgan fingerprint density at radius 1 is 1.61 bits per heavy atom. The molecule has 18 heavy (non-hydrogen) atoms. The number of aryl methyl sites for hydroxylation is 1. The molecule has 1 saturated heterocycles. The van der Waals surface area contributed by atoms with Gasteiger partial charge in [0.1, 0.15) is 0 Å². The Bertz CT molecular complexity index is 525. The summed E-state index contributed by atoms with van der Waals surface area (Å²) in [7, 11) is 0. The van der Waals surface area contributed by atoms with Crippen LogP contribution in [0.3, 0.4) is 0 Å². The monoisotopic (exact) mass is 356 g/mol. The van der Waals surface area contributed by atoms with E-state index in [1.165, 1.54) is 0 Å². The Hall–Kier alpha value is -1.27. The lowest BCUT2D eigenvalue weighted by Gasteiger charge is -2.19. The van der Waals surface area contributed by atoms with Crippen molar-refractivity contribution in [3.8, 4) is 0 Å². The third-order valence-electron chi connectivity index (χ3n) is 3.07. The summed E-state index contributed by atoms with van der Waals surface area (Å²) < 4.78 is 1.11. The van der Waals surface area contributed by atoms with Gasteiger partial charge >= 0.3 is 0 Å². The molecule has 6 heteroatoms. The average molecular weight is 356 g/mol. The number of anilines is 1. The van der Waals surface area contributed by atoms with E-state index >= 15 is 0 Å². The molecule has 1 amide bonds. The molecule has 94 valence electrons. The lowest BCUT2D eigenvalue weighted by molar-refractivity contribution is -0.117. The predicted octanol–water partition coefficient (Wildman–Crippen LogP) is 3.26. The Kier molecular flexibility index (Phi) is 4.08. The van der Waals surface area contributed by atoms with E-state index in [1.807, 2.05) is 25.1 Å². The van der Waals surface area contributed by atoms with Crippen LogP contribution in [0.15, 0.2) is 23.3 Å². The molecular formula is C12H13IN4O. The molecule has 1 aliphatic rings. The van der Waals surface area contributed by atoms with Crippen LogP contribution in [0.1, 0.15) is 12.0 Å². The van der Waals surface area contributed by atoms with Crippen molar-refractivity contribution in [2.24, 2.45) is 11.0 Å². The Labute approximate surface area is 119 Å². The summed E-state index contributed by atoms with van der Waals surface area (Å²) in [6.45, 7) is 3.03. The quantitative estimate of drug-likeness (QED) is 0.355. The number of benzene rings is 1. The summed E-state index contributed by atoms with van der Waals surface area (Å²) >= 11 is 2.24. The maximum Gasteiger partial charge on any atom is 0.227 e. The maximum atomic E-state index is 12.0. The molecular weight excluding hydrogens is 343 g/mol. The first-order valence-electron chi connectivity index (χ1n) is 5.69. The van der Waals surface area contributed by atoms with Crippen LogP contribution >= 0.6 is 22.6 Å². The van der Waals surface area contributed by atoms with E-state index in [-0.39, 0.29) is 11.8 Å². The normalized spacial score (nSPS) is 18.9. The molecule has 0 saturated carbocycles. The summed E-state index contributed by atoms with van der Waals surface area (Å²) in [6, 6.07) is 6.06. The number of halogens is 1. The van der Waals surface area contributed by atoms with Crippen LogP contribution in [-0.2, 0) is 4.79 Å². The molecule has 2 rings (SSSR count). The van der Waals surface area contributed by atoms with Crippen LogP contribution in [0, 0.1) is 16.4 Å². The fourth-order valence-electron chi connectivity index (χ4n) is 2.16. The SMILES string of the molecule is Cc1ccc(I)cc1N1CC(CN=[N+]=[N-])CC1=O. The third kappa shape index (κ3) is 2.76. The van der Waals surface area contributed by atoms with Gasteiger partial charge in [0.2, 0.25) is 5.91 Å². The summed E-state index contributed by atoms with van der Waals surface area (Å²) in [6.07, 6.45) is 0.462. The minimum Gasteiger partial charge on any atom is -0.312 e. The van der Waals surface area contributed by atoms with Crippen LogP contribution in [0.25, 0.3) is 10.4 Å². The van der Waals surface area contributed by atoms with Gasteiger partial charge < -0.3 is 4.90 Å². The second-order valence-corrected chi connectivity index (χ2v) is 5.66. The molecule has 1 aromatic rings. The summed E-state index contributed by atoms with van der Waals surface area (Å²) in [5.41, 5.74) is 10.4. The first kappa shape index (κ1) is 13.2. The van der Waals surface area contributed by atoms with Gasteiger partial charge in [-0.15, -0.1) is 0 Å². The molecule has 0 spiro atoms. The highest BCUT2D eigenvalue weighted by atomic mass is 127. The molecule has 1 heterocycles. The summed E-state index contributed by atoms with van der Waals surface area (Å²) in [4.78, 5) is 16.5. The van der Waals surface area contributed by atoms with E-state index in [0.717, 1.165) is 14.8 Å². The molecule has 1 aromatic carbocycles. The van der Waals surface area contributed by atoms with Gasteiger partial charge in [-0.25, -0.2) is 0 Å². The molecule has 0 bridgehead atoms. The number of rotatable bonds is 3. The van der Waals surface area contributed by atoms with Crippen molar-refractivity contribution < 1.29 is 4.79 Å². The molecule has 5 nitrogen and oxygen atoms in total. The van der Waals surface area contributed by atoms with Gasteiger partial charge in [0.05, 0.1) is 0 Å². The van der Waals surface area contributed by atoms with Gasteiger partial charge in [-0.1, -0.05) is 11.2 Å². The first-order valence-corrected chi connectivity index (χ1v) is 6.77. The zero-order valence-corrected chi connectivity index (χ0v) is 12.2. The van der Waals surface area contributed by atoms with E-state index in [1.54, 1.807) is 4.90 Å². The van der Waals surface area contributed by atoms with Gasteiger partial charge in [-0.2, -0.15) is 0 Å². The molecule has 0 aromatic heterocycles. The molecule has 1 fully saturated rings. The van der Waals surface area contributed by atoms with Crippen molar-refractivity contribution in [3.05, 3.63) is 37.8 Å². The standard InChI is InChI=1S/C12H13IN4O/c1-8-2-3-10(13)5-11(8)17-7-9(4-12(17)18)6-15-16-14/h2-3,5,9H,4,6-7H2,1H3. The van der Waals surface area contributed by atoms with Crippen molar-refractivity contribution >= 4 is 34.2 Å². The summed E-state index contributed by atoms with van der Waals surface area (Å²) in [5.74, 6) is 0.240. The average Bonchev–Trinajstić information content (AvgIpc) is 2.71. The minimum absolute atomic E-state index is 0.109. The van der Waals surface area contributed by atoms with E-state index in [2.05, 4.69) is 32.6 Å². The highest BCUT2D eigenvalue weighted by Crippen LogP contribution is 2.29. The smallest absolute Gasteiger partial charge is 0.227 e. The van der Waals surface area contributed by atoms with Crippen molar-refractivity contribution in [2.75, 3.05) is 18.0 Å². The van der Waals surface area contributed by atoms with Gasteiger partial charge in [0, 0.05) is 33.7 Å². The van der Waals surface area contributed by atoms with Gasteiger partial charge in [0.25, 0.3) is 0 Å². The van der Waals surface area contributed by atoms with Crippen molar-refractivity contribution in [1.29, 1.82) is 0 Å². The molecule has 1 aliphatic heterocycles. The number of amides is 1. The Balaban J connectivity index is 2.21. The number of carbonyl (C=O) groups is 1.